The highest BCUT2D eigenvalue weighted by molar-refractivity contribution is 5.62. The van der Waals surface area contributed by atoms with Gasteiger partial charge in [0.05, 0.1) is 0 Å². The van der Waals surface area contributed by atoms with Crippen LogP contribution in [0.5, 0.6) is 0 Å². The average molecular weight is 171 g/mol. The lowest BCUT2D eigenvalue weighted by Crippen LogP contribution is -1.77. The van der Waals surface area contributed by atoms with Crippen LogP contribution < -0.4 is 0 Å². The maximum absolute atomic E-state index is 12.6. The zero-order valence-corrected chi connectivity index (χ0v) is 7.07. The second-order valence-electron chi connectivity index (χ2n) is 2.87. The van der Waals surface area contributed by atoms with Crippen molar-refractivity contribution in [2.75, 3.05) is 0 Å². The summed E-state index contributed by atoms with van der Waals surface area (Å²) in [5.41, 5.74) is 2.16. The van der Waals surface area contributed by atoms with Gasteiger partial charge in [-0.05, 0) is 23.3 Å². The molecule has 0 aliphatic rings. The van der Waals surface area contributed by atoms with Crippen LogP contribution in [0, 0.1) is 5.82 Å². The lowest BCUT2D eigenvalue weighted by Gasteiger charge is -1.99. The van der Waals surface area contributed by atoms with Crippen molar-refractivity contribution in [1.29, 1.82) is 0 Å². The van der Waals surface area contributed by atoms with Gasteiger partial charge < -0.3 is 0 Å². The molecular formula is C12H9F. The quantitative estimate of drug-likeness (QED) is 0.616. The van der Waals surface area contributed by atoms with Gasteiger partial charge in [0.25, 0.3) is 0 Å². The minimum atomic E-state index is -0.195. The van der Waals surface area contributed by atoms with E-state index in [1.807, 2.05) is 30.3 Å². The molecule has 0 aromatic heterocycles. The summed E-state index contributed by atoms with van der Waals surface area (Å²) in [6.07, 6.45) is 0. The molecule has 0 N–H and O–H groups in total. The SMILES string of the molecule is [18F]c1ccc(-c2ccccc2)cc1. The first-order valence-corrected chi connectivity index (χ1v) is 4.17. The van der Waals surface area contributed by atoms with Gasteiger partial charge in [0, 0.05) is 0 Å². The lowest BCUT2D eigenvalue weighted by atomic mass is 10.1. The predicted octanol–water partition coefficient (Wildman–Crippen LogP) is 3.49. The van der Waals surface area contributed by atoms with Gasteiger partial charge in [-0.3, -0.25) is 0 Å². The summed E-state index contributed by atoms with van der Waals surface area (Å²) in [6, 6.07) is 16.4. The third-order valence-electron chi connectivity index (χ3n) is 1.95. The molecule has 0 aliphatic heterocycles. The standard InChI is InChI=1S/C12H9F/c13-12-8-6-11(7-9-12)10-4-2-1-3-5-10/h1-9H/i13-1. The number of benzene rings is 2. The fourth-order valence-electron chi connectivity index (χ4n) is 1.27. The van der Waals surface area contributed by atoms with E-state index >= 15 is 0 Å². The van der Waals surface area contributed by atoms with Gasteiger partial charge in [0.1, 0.15) is 5.82 Å². The summed E-state index contributed by atoms with van der Waals surface area (Å²) in [6.45, 7) is 0. The van der Waals surface area contributed by atoms with Crippen LogP contribution in [-0.2, 0) is 0 Å². The average Bonchev–Trinajstić information content (AvgIpc) is 2.20. The van der Waals surface area contributed by atoms with E-state index in [2.05, 4.69) is 0 Å². The number of halogens is 1. The Labute approximate surface area is 76.7 Å². The van der Waals surface area contributed by atoms with Crippen LogP contribution in [0.4, 0.5) is 4.39 Å². The molecule has 0 spiro atoms. The normalized spacial score (nSPS) is 9.92. The Morgan fingerprint density at radius 3 is 1.77 bits per heavy atom. The van der Waals surface area contributed by atoms with Crippen molar-refractivity contribution in [2.45, 2.75) is 0 Å². The molecule has 1 heteroatoms. The first-order chi connectivity index (χ1) is 6.36. The number of hydrogen-bond donors (Lipinski definition) is 0. The summed E-state index contributed by atoms with van der Waals surface area (Å²) >= 11 is 0. The van der Waals surface area contributed by atoms with E-state index in [1.165, 1.54) is 12.1 Å². The molecule has 0 fully saturated rings. The van der Waals surface area contributed by atoms with E-state index in [9.17, 15) is 4.39 Å². The van der Waals surface area contributed by atoms with Crippen LogP contribution in [0.3, 0.4) is 0 Å². The van der Waals surface area contributed by atoms with Gasteiger partial charge in [0.15, 0.2) is 0 Å². The number of rotatable bonds is 1. The monoisotopic (exact) mass is 171 g/mol. The molecule has 0 radical (unpaired) electrons. The molecule has 0 amide bonds. The van der Waals surface area contributed by atoms with Crippen LogP contribution in [0.1, 0.15) is 0 Å². The fraction of sp³-hybridized carbons (Fsp3) is 0. The highest BCUT2D eigenvalue weighted by Gasteiger charge is 1.95. The molecule has 0 atom stereocenters. The number of hydrogen-bond acceptors (Lipinski definition) is 0. The van der Waals surface area contributed by atoms with E-state index in [0.29, 0.717) is 0 Å². The molecular weight excluding hydrogens is 162 g/mol. The second-order valence-corrected chi connectivity index (χ2v) is 2.87. The van der Waals surface area contributed by atoms with Crippen molar-refractivity contribution in [2.24, 2.45) is 0 Å². The van der Waals surface area contributed by atoms with E-state index in [1.54, 1.807) is 12.1 Å². The zero-order valence-electron chi connectivity index (χ0n) is 7.07. The van der Waals surface area contributed by atoms with Crippen LogP contribution in [0.15, 0.2) is 54.6 Å². The molecule has 13 heavy (non-hydrogen) atoms. The van der Waals surface area contributed by atoms with Gasteiger partial charge in [-0.15, -0.1) is 0 Å². The largest absolute Gasteiger partial charge is 0.207 e. The Morgan fingerprint density at radius 2 is 1.15 bits per heavy atom. The van der Waals surface area contributed by atoms with E-state index in [-0.39, 0.29) is 5.82 Å². The van der Waals surface area contributed by atoms with E-state index in [0.717, 1.165) is 11.1 Å². The van der Waals surface area contributed by atoms with Crippen LogP contribution >= 0.6 is 0 Å². The van der Waals surface area contributed by atoms with Crippen molar-refractivity contribution < 1.29 is 4.39 Å². The van der Waals surface area contributed by atoms with Gasteiger partial charge in [0.2, 0.25) is 0 Å². The predicted molar refractivity (Wildman–Crippen MR) is 51.8 cm³/mol. The Morgan fingerprint density at radius 1 is 0.615 bits per heavy atom. The van der Waals surface area contributed by atoms with Gasteiger partial charge >= 0.3 is 0 Å². The van der Waals surface area contributed by atoms with Crippen molar-refractivity contribution in [3.63, 3.8) is 0 Å². The molecule has 0 nitrogen and oxygen atoms in total. The summed E-state index contributed by atoms with van der Waals surface area (Å²) in [5.74, 6) is -0.195. The Kier molecular flexibility index (Phi) is 2.09. The molecule has 0 heterocycles. The van der Waals surface area contributed by atoms with Gasteiger partial charge in [-0.25, -0.2) is 4.39 Å². The summed E-state index contributed by atoms with van der Waals surface area (Å²) in [7, 11) is 0. The molecule has 0 aliphatic carbocycles. The highest BCUT2D eigenvalue weighted by Crippen LogP contribution is 2.18. The minimum Gasteiger partial charge on any atom is -0.207 e. The highest BCUT2D eigenvalue weighted by atomic mass is 18.2. The van der Waals surface area contributed by atoms with E-state index in [4.69, 9.17) is 0 Å². The molecule has 0 unspecified atom stereocenters. The third kappa shape index (κ3) is 1.75. The fourth-order valence-corrected chi connectivity index (χ4v) is 1.27. The molecule has 2 rings (SSSR count). The smallest absolute Gasteiger partial charge is 0.123 e. The van der Waals surface area contributed by atoms with E-state index < -0.39 is 0 Å². The van der Waals surface area contributed by atoms with Gasteiger partial charge in [-0.1, -0.05) is 42.5 Å². The maximum atomic E-state index is 12.6. The minimum absolute atomic E-state index is 0.195. The van der Waals surface area contributed by atoms with Crippen molar-refractivity contribution in [3.8, 4) is 11.1 Å². The van der Waals surface area contributed by atoms with Gasteiger partial charge in [-0.2, -0.15) is 0 Å². The maximum Gasteiger partial charge on any atom is 0.123 e. The second kappa shape index (κ2) is 3.40. The molecule has 0 saturated carbocycles. The van der Waals surface area contributed by atoms with Crippen LogP contribution in [0.2, 0.25) is 0 Å². The van der Waals surface area contributed by atoms with Crippen LogP contribution in [-0.4, -0.2) is 0 Å². The Balaban J connectivity index is 2.42. The summed E-state index contributed by atoms with van der Waals surface area (Å²) < 4.78 is 12.6. The summed E-state index contributed by atoms with van der Waals surface area (Å²) in [5, 5.41) is 0. The first-order valence-electron chi connectivity index (χ1n) is 4.17. The lowest BCUT2D eigenvalue weighted by molar-refractivity contribution is 0.628. The Bertz CT molecular complexity index is 376. The molecule has 2 aromatic rings. The van der Waals surface area contributed by atoms with Crippen molar-refractivity contribution in [3.05, 3.63) is 60.4 Å². The zero-order chi connectivity index (χ0) is 9.10. The van der Waals surface area contributed by atoms with Crippen molar-refractivity contribution >= 4 is 0 Å². The molecule has 64 valence electrons. The van der Waals surface area contributed by atoms with Crippen molar-refractivity contribution in [1.82, 2.24) is 0 Å². The third-order valence-corrected chi connectivity index (χ3v) is 1.95. The topological polar surface area (TPSA) is 0 Å². The summed E-state index contributed by atoms with van der Waals surface area (Å²) in [4.78, 5) is 0. The van der Waals surface area contributed by atoms with Crippen LogP contribution in [0.25, 0.3) is 11.1 Å². The first kappa shape index (κ1) is 7.99. The molecule has 0 bridgehead atoms. The Hall–Kier alpha value is -1.63. The molecule has 0 saturated heterocycles. The molecule has 2 aromatic carbocycles.